The summed E-state index contributed by atoms with van der Waals surface area (Å²) < 4.78 is 88.7. The lowest BCUT2D eigenvalue weighted by Crippen LogP contribution is -2.55. The van der Waals surface area contributed by atoms with E-state index in [1.54, 1.807) is 20.8 Å². The number of aliphatic hydroxyl groups is 10. The molecular formula is C64H111N3O31P2. The molecule has 100 heavy (non-hydrogen) atoms. The third-order valence-corrected chi connectivity index (χ3v) is 21.5. The van der Waals surface area contributed by atoms with Crippen LogP contribution in [-0.4, -0.2) is 307 Å². The van der Waals surface area contributed by atoms with Crippen molar-refractivity contribution < 1.29 is 150 Å². The highest BCUT2D eigenvalue weighted by molar-refractivity contribution is 7.47. The molecule has 6 rings (SSSR count). The van der Waals surface area contributed by atoms with Gasteiger partial charge in [0, 0.05) is 102 Å². The minimum absolute atomic E-state index is 0.00411. The van der Waals surface area contributed by atoms with Gasteiger partial charge in [0.25, 0.3) is 0 Å². The number of hydrogen-bond donors (Lipinski definition) is 12. The van der Waals surface area contributed by atoms with Crippen LogP contribution in [0.2, 0.25) is 0 Å². The zero-order valence-corrected chi connectivity index (χ0v) is 59.6. The van der Waals surface area contributed by atoms with Crippen LogP contribution in [0, 0.1) is 17.8 Å². The molecule has 0 bridgehead atoms. The zero-order valence-electron chi connectivity index (χ0n) is 57.8. The maximum absolute atomic E-state index is 14.0. The molecule has 0 aromatic carbocycles. The molecule has 0 aromatic heterocycles. The van der Waals surface area contributed by atoms with Gasteiger partial charge in [-0.3, -0.25) is 46.9 Å². The molecule has 0 saturated carbocycles. The average Bonchev–Trinajstić information content (AvgIpc) is 1.45. The van der Waals surface area contributed by atoms with Crippen LogP contribution >= 0.6 is 15.6 Å². The summed E-state index contributed by atoms with van der Waals surface area (Å²) in [5.74, 6) is -3.24. The number of rotatable bonds is 45. The predicted molar refractivity (Wildman–Crippen MR) is 346 cm³/mol. The third kappa shape index (κ3) is 26.5. The van der Waals surface area contributed by atoms with Crippen molar-refractivity contribution in [2.75, 3.05) is 86.2 Å². The van der Waals surface area contributed by atoms with Crippen molar-refractivity contribution in [1.29, 1.82) is 0 Å². The molecule has 0 spiro atoms. The van der Waals surface area contributed by atoms with Crippen LogP contribution in [-0.2, 0) is 89.2 Å². The van der Waals surface area contributed by atoms with Crippen molar-refractivity contribution in [1.82, 2.24) is 14.7 Å². The van der Waals surface area contributed by atoms with Gasteiger partial charge in [-0.2, -0.15) is 0 Å². The molecule has 12 N–H and O–H groups in total. The first kappa shape index (κ1) is 85.9. The monoisotopic (exact) mass is 1480 g/mol. The molecule has 3 amide bonds. The van der Waals surface area contributed by atoms with Gasteiger partial charge in [-0.25, -0.2) is 9.13 Å². The molecule has 8 unspecified atom stereocenters. The Morgan fingerprint density at radius 3 is 1.02 bits per heavy atom. The Morgan fingerprint density at radius 2 is 0.700 bits per heavy atom. The Morgan fingerprint density at radius 1 is 0.410 bits per heavy atom. The van der Waals surface area contributed by atoms with E-state index in [4.69, 9.17) is 51.3 Å². The summed E-state index contributed by atoms with van der Waals surface area (Å²) in [6.07, 6.45) is -12.6. The van der Waals surface area contributed by atoms with E-state index < -0.39 is 183 Å². The molecule has 6 saturated heterocycles. The van der Waals surface area contributed by atoms with Gasteiger partial charge >= 0.3 is 15.6 Å². The number of phosphoric acid groups is 2. The van der Waals surface area contributed by atoms with E-state index in [1.165, 1.54) is 21.8 Å². The zero-order chi connectivity index (χ0) is 73.4. The third-order valence-electron chi connectivity index (χ3n) is 19.4. The van der Waals surface area contributed by atoms with Gasteiger partial charge < -0.3 is 109 Å². The lowest BCUT2D eigenvalue weighted by molar-refractivity contribution is -0.282. The highest BCUT2D eigenvalue weighted by atomic mass is 31.2. The smallest absolute Gasteiger partial charge is 0.394 e. The molecule has 0 radical (unpaired) electrons. The number of β-amino-alcohol motifs (C(OH)–C–C–N with tert-alkyl or cyclic N) is 1. The fourth-order valence-electron chi connectivity index (χ4n) is 13.4. The molecule has 23 atom stereocenters. The van der Waals surface area contributed by atoms with E-state index in [2.05, 4.69) is 0 Å². The molecule has 36 heteroatoms. The number of Topliss-reactive ketones (excluding diaryl/α,β-unsaturated/α-hetero) is 3. The average molecular weight is 1480 g/mol. The number of methoxy groups -OCH3 is 1. The molecule has 6 heterocycles. The second-order valence-electron chi connectivity index (χ2n) is 27.3. The van der Waals surface area contributed by atoms with Crippen LogP contribution in [0.5, 0.6) is 0 Å². The maximum atomic E-state index is 14.0. The van der Waals surface area contributed by atoms with Gasteiger partial charge in [0.15, 0.2) is 18.9 Å². The summed E-state index contributed by atoms with van der Waals surface area (Å²) in [5, 5.41) is 100. The lowest BCUT2D eigenvalue weighted by atomic mass is 9.92. The topological polar surface area (TPSA) is 491 Å². The summed E-state index contributed by atoms with van der Waals surface area (Å²) >= 11 is 0. The van der Waals surface area contributed by atoms with E-state index in [0.717, 1.165) is 0 Å². The van der Waals surface area contributed by atoms with Crippen LogP contribution in [0.4, 0.5) is 0 Å². The van der Waals surface area contributed by atoms with Crippen LogP contribution in [0.1, 0.15) is 156 Å². The number of aliphatic hydroxyl groups excluding tert-OH is 10. The first-order valence-electron chi connectivity index (χ1n) is 35.1. The largest absolute Gasteiger partial charge is 0.472 e. The second-order valence-corrected chi connectivity index (χ2v) is 30.1. The van der Waals surface area contributed by atoms with Crippen LogP contribution in [0.15, 0.2) is 0 Å². The summed E-state index contributed by atoms with van der Waals surface area (Å²) in [6.45, 7) is 2.06. The Kier molecular flexibility index (Phi) is 36.4. The van der Waals surface area contributed by atoms with E-state index in [0.29, 0.717) is 44.9 Å². The quantitative estimate of drug-likeness (QED) is 0.0278. The fourth-order valence-corrected chi connectivity index (χ4v) is 15.3. The number of carbonyl (C=O) groups is 6. The van der Waals surface area contributed by atoms with Crippen LogP contribution in [0.25, 0.3) is 0 Å². The molecule has 6 aliphatic heterocycles. The van der Waals surface area contributed by atoms with Crippen molar-refractivity contribution >= 4 is 50.7 Å². The highest BCUT2D eigenvalue weighted by Crippen LogP contribution is 2.50. The van der Waals surface area contributed by atoms with Crippen molar-refractivity contribution in [2.45, 2.75) is 266 Å². The maximum Gasteiger partial charge on any atom is 0.472 e. The summed E-state index contributed by atoms with van der Waals surface area (Å²) in [6, 6.07) is -2.43. The predicted octanol–water partition coefficient (Wildman–Crippen LogP) is -0.195. The Hall–Kier alpha value is -3.04. The second kappa shape index (κ2) is 42.3. The number of hydrogen-bond acceptors (Lipinski definition) is 29. The van der Waals surface area contributed by atoms with Gasteiger partial charge in [-0.05, 0) is 77.0 Å². The standard InChI is InChI=1S/C64H111N3O31P2/c1-38-56(78)59(81)50(32-68)94-62(38)89-23-11-17-44(71)14-5-8-20-53(75)65-29-47(74)26-41(65)36-92-99(84,85)98-49-28-43(67(31-49)55(77)22-10-7-16-46(73)19-13-25-91-64-40(3)58(80)61(83)52(34-70)96-64)37-93-100(86,87)97-48-27-42(35-88-4)66(30-48)54(76)21-9-6-15-45(72)18-12-24-90-63-39(2)57(79)60(82)51(33-69)95-63/h38-43,47-52,56-64,68-70,74,78-83H,5-37H2,1-4H3,(H,84,85)(H,86,87)/t38?,39?,40?,41-,42-,43-,47+,48+,49+,50?,51?,52?,56+,57+,58+,59-,60-,61-,62+,63+,64+/m0/s1. The molecule has 6 fully saturated rings. The number of phosphoric ester groups is 2. The number of ether oxygens (including phenoxy) is 7. The first-order valence-corrected chi connectivity index (χ1v) is 38.1. The number of carbonyl (C=O) groups excluding carboxylic acids is 6. The van der Waals surface area contributed by atoms with E-state index in [9.17, 15) is 98.7 Å². The van der Waals surface area contributed by atoms with Crippen molar-refractivity contribution in [3.63, 3.8) is 0 Å². The van der Waals surface area contributed by atoms with Gasteiger partial charge in [0.05, 0.1) is 114 Å². The Labute approximate surface area is 583 Å². The fraction of sp³-hybridized carbons (Fsp3) is 0.906. The Balaban J connectivity index is 0.959. The number of amides is 3. The molecule has 578 valence electrons. The minimum Gasteiger partial charge on any atom is -0.394 e. The SMILES string of the molecule is COC[C@@H]1C[C@@H](OP(=O)(O)OC[C@@H]2C[C@@H](OP(=O)(O)OC[C@@H]3C[C@@H](O)CN3C(=O)CCCCC(=O)CCCO[C@@H]3OC(CO)[C@H](O)[C@H](O)C3C)CN2C(=O)CCCCC(=O)CCCO[C@@H]2OC(CO)[C@H](O)[C@H](O)C2C)CN1C(=O)CCCCC(=O)CCCO[C@@H]1OC(CO)[C@H](O)[C@H](O)C1C. The normalized spacial score (nSPS) is 33.8. The molecule has 0 aromatic rings. The number of likely N-dealkylation sites (tertiary alicyclic amines) is 3. The summed E-state index contributed by atoms with van der Waals surface area (Å²) in [5.41, 5.74) is 0. The van der Waals surface area contributed by atoms with Crippen molar-refractivity contribution in [3.8, 4) is 0 Å². The molecular weight excluding hydrogens is 1370 g/mol. The van der Waals surface area contributed by atoms with Gasteiger partial charge in [0.1, 0.15) is 54.0 Å². The van der Waals surface area contributed by atoms with Crippen LogP contribution < -0.4 is 0 Å². The van der Waals surface area contributed by atoms with Gasteiger partial charge in [-0.15, -0.1) is 0 Å². The minimum atomic E-state index is -5.00. The number of nitrogens with zero attached hydrogens (tertiary/aromatic N) is 3. The highest BCUT2D eigenvalue weighted by Gasteiger charge is 2.47. The van der Waals surface area contributed by atoms with E-state index in [-0.39, 0.29) is 165 Å². The molecule has 6 aliphatic rings. The lowest BCUT2D eigenvalue weighted by Gasteiger charge is -2.40. The summed E-state index contributed by atoms with van der Waals surface area (Å²) in [4.78, 5) is 106. The van der Waals surface area contributed by atoms with Gasteiger partial charge in [0.2, 0.25) is 17.7 Å². The summed E-state index contributed by atoms with van der Waals surface area (Å²) in [7, 11) is -8.54. The van der Waals surface area contributed by atoms with Crippen molar-refractivity contribution in [3.05, 3.63) is 0 Å². The van der Waals surface area contributed by atoms with E-state index >= 15 is 0 Å². The van der Waals surface area contributed by atoms with Crippen LogP contribution in [0.3, 0.4) is 0 Å². The number of ketones is 3. The van der Waals surface area contributed by atoms with E-state index in [1.807, 2.05) is 0 Å². The molecule has 34 nitrogen and oxygen atoms in total. The van der Waals surface area contributed by atoms with Crippen molar-refractivity contribution in [2.24, 2.45) is 17.8 Å². The van der Waals surface area contributed by atoms with Gasteiger partial charge in [-0.1, -0.05) is 20.8 Å². The number of unbranched alkanes of at least 4 members (excludes halogenated alkanes) is 3. The Bertz CT molecular complexity index is 2630. The molecule has 0 aliphatic carbocycles. The first-order chi connectivity index (χ1) is 47.5.